The number of hydrogen-bond acceptors (Lipinski definition) is 6. The smallest absolute Gasteiger partial charge is 0.326 e. The van der Waals surface area contributed by atoms with Gasteiger partial charge in [-0.1, -0.05) is 86.6 Å². The summed E-state index contributed by atoms with van der Waals surface area (Å²) in [5.41, 5.74) is 8.41. The van der Waals surface area contributed by atoms with Gasteiger partial charge >= 0.3 is 5.97 Å². The Morgan fingerprint density at radius 1 is 0.643 bits per heavy atom. The Kier molecular flexibility index (Phi) is 11.6. The minimum atomic E-state index is -1.21. The lowest BCUT2D eigenvalue weighted by atomic mass is 9.99. The Morgan fingerprint density at radius 2 is 1.12 bits per heavy atom. The van der Waals surface area contributed by atoms with Crippen LogP contribution < -0.4 is 21.7 Å². The van der Waals surface area contributed by atoms with Crippen LogP contribution in [0, 0.1) is 5.92 Å². The van der Waals surface area contributed by atoms with Crippen LogP contribution in [0.2, 0.25) is 0 Å². The molecule has 0 spiro atoms. The van der Waals surface area contributed by atoms with Gasteiger partial charge in [-0.2, -0.15) is 0 Å². The number of carbonyl (C=O) groups is 4. The predicted molar refractivity (Wildman–Crippen MR) is 158 cm³/mol. The van der Waals surface area contributed by atoms with Crippen LogP contribution in [0.15, 0.2) is 84.9 Å². The van der Waals surface area contributed by atoms with Crippen molar-refractivity contribution in [1.29, 1.82) is 0 Å². The van der Waals surface area contributed by atoms with Crippen molar-refractivity contribution in [2.75, 3.05) is 0 Å². The Hall–Kier alpha value is -4.70. The van der Waals surface area contributed by atoms with E-state index in [-0.39, 0.29) is 25.0 Å². The van der Waals surface area contributed by atoms with E-state index in [9.17, 15) is 29.4 Å². The number of amides is 3. The number of carboxylic acid groups (broad SMARTS) is 1. The lowest BCUT2D eigenvalue weighted by molar-refractivity contribution is -0.142. The molecule has 0 aliphatic carbocycles. The van der Waals surface area contributed by atoms with Gasteiger partial charge < -0.3 is 31.9 Å². The molecule has 0 saturated carbocycles. The van der Waals surface area contributed by atoms with Gasteiger partial charge in [0.2, 0.25) is 17.7 Å². The molecule has 4 unspecified atom stereocenters. The van der Waals surface area contributed by atoms with Crippen molar-refractivity contribution in [3.63, 3.8) is 0 Å². The van der Waals surface area contributed by atoms with Crippen LogP contribution in [0.25, 0.3) is 0 Å². The number of nitrogens with two attached hydrogens (primary N) is 1. The number of aliphatic carboxylic acids is 1. The molecule has 222 valence electrons. The van der Waals surface area contributed by atoms with Crippen molar-refractivity contribution in [1.82, 2.24) is 16.0 Å². The molecular weight excluding hydrogens is 536 g/mol. The highest BCUT2D eigenvalue weighted by atomic mass is 16.4. The predicted octanol–water partition coefficient (Wildman–Crippen LogP) is 1.94. The first kappa shape index (κ1) is 31.8. The first-order chi connectivity index (χ1) is 20.0. The second-order valence-electron chi connectivity index (χ2n) is 10.5. The largest absolute Gasteiger partial charge is 0.508 e. The maximum atomic E-state index is 13.5. The maximum Gasteiger partial charge on any atom is 0.326 e. The van der Waals surface area contributed by atoms with Crippen LogP contribution in [-0.2, 0) is 38.4 Å². The second-order valence-corrected chi connectivity index (χ2v) is 10.5. The number of rotatable bonds is 14. The highest BCUT2D eigenvalue weighted by Crippen LogP contribution is 2.13. The van der Waals surface area contributed by atoms with Gasteiger partial charge in [0.15, 0.2) is 0 Å². The molecule has 7 N–H and O–H groups in total. The summed E-state index contributed by atoms with van der Waals surface area (Å²) in [5.74, 6) is -3.38. The number of benzene rings is 3. The lowest BCUT2D eigenvalue weighted by Gasteiger charge is -2.27. The molecule has 0 bridgehead atoms. The third kappa shape index (κ3) is 9.74. The highest BCUT2D eigenvalue weighted by Gasteiger charge is 2.32. The molecule has 4 atom stereocenters. The number of nitrogens with one attached hydrogen (secondary N) is 3. The Balaban J connectivity index is 1.75. The van der Waals surface area contributed by atoms with Crippen LogP contribution in [0.1, 0.15) is 30.5 Å². The summed E-state index contributed by atoms with van der Waals surface area (Å²) >= 11 is 0. The van der Waals surface area contributed by atoms with Gasteiger partial charge in [0, 0.05) is 12.8 Å². The summed E-state index contributed by atoms with van der Waals surface area (Å²) in [6.45, 7) is 3.45. The molecule has 0 radical (unpaired) electrons. The van der Waals surface area contributed by atoms with Gasteiger partial charge in [-0.3, -0.25) is 14.4 Å². The number of phenolic OH excluding ortho intramolecular Hbond substituents is 1. The van der Waals surface area contributed by atoms with Crippen molar-refractivity contribution in [2.45, 2.75) is 57.3 Å². The number of hydrogen-bond donors (Lipinski definition) is 6. The van der Waals surface area contributed by atoms with E-state index in [0.717, 1.165) is 11.1 Å². The average Bonchev–Trinajstić information content (AvgIpc) is 2.96. The molecule has 0 aliphatic rings. The molecule has 0 aliphatic heterocycles. The zero-order valence-electron chi connectivity index (χ0n) is 23.7. The SMILES string of the molecule is CC(C)C(NC(=O)C(Cc1ccc(O)cc1)NC(=O)C(N)Cc1ccccc1)C(=O)NC(Cc1ccccc1)C(=O)O. The summed E-state index contributed by atoms with van der Waals surface area (Å²) in [6, 6.07) is 20.0. The fraction of sp³-hybridized carbons (Fsp3) is 0.312. The molecule has 0 fully saturated rings. The third-order valence-electron chi connectivity index (χ3n) is 6.79. The normalized spacial score (nSPS) is 13.8. The Bertz CT molecular complexity index is 1330. The van der Waals surface area contributed by atoms with Crippen molar-refractivity contribution < 1.29 is 29.4 Å². The summed E-state index contributed by atoms with van der Waals surface area (Å²) in [5, 5.41) is 27.3. The van der Waals surface area contributed by atoms with Crippen molar-refractivity contribution in [2.24, 2.45) is 11.7 Å². The molecule has 0 aromatic heterocycles. The highest BCUT2D eigenvalue weighted by molar-refractivity contribution is 5.94. The van der Waals surface area contributed by atoms with Crippen molar-refractivity contribution >= 4 is 23.7 Å². The van der Waals surface area contributed by atoms with E-state index >= 15 is 0 Å². The summed E-state index contributed by atoms with van der Waals surface area (Å²) in [6.07, 6.45) is 0.392. The summed E-state index contributed by atoms with van der Waals surface area (Å²) in [4.78, 5) is 51.8. The molecule has 0 heterocycles. The van der Waals surface area contributed by atoms with E-state index in [0.29, 0.717) is 5.56 Å². The molecule has 10 heteroatoms. The first-order valence-corrected chi connectivity index (χ1v) is 13.8. The zero-order chi connectivity index (χ0) is 30.6. The number of carboxylic acids is 1. The Labute approximate surface area is 245 Å². The lowest BCUT2D eigenvalue weighted by Crippen LogP contribution is -2.59. The molecule has 3 aromatic carbocycles. The molecule has 3 amide bonds. The number of carbonyl (C=O) groups excluding carboxylic acids is 3. The van der Waals surface area contributed by atoms with E-state index in [1.807, 2.05) is 36.4 Å². The molecule has 42 heavy (non-hydrogen) atoms. The van der Waals surface area contributed by atoms with Gasteiger partial charge in [0.05, 0.1) is 6.04 Å². The second kappa shape index (κ2) is 15.3. The van der Waals surface area contributed by atoms with Crippen LogP contribution in [0.3, 0.4) is 0 Å². The van der Waals surface area contributed by atoms with E-state index < -0.39 is 53.8 Å². The summed E-state index contributed by atoms with van der Waals surface area (Å²) in [7, 11) is 0. The molecule has 0 saturated heterocycles. The van der Waals surface area contributed by atoms with Crippen molar-refractivity contribution in [3.05, 3.63) is 102 Å². The average molecular weight is 575 g/mol. The van der Waals surface area contributed by atoms with Crippen molar-refractivity contribution in [3.8, 4) is 5.75 Å². The number of aromatic hydroxyl groups is 1. The van der Waals surface area contributed by atoms with Gasteiger partial charge in [0.25, 0.3) is 0 Å². The summed E-state index contributed by atoms with van der Waals surface area (Å²) < 4.78 is 0. The van der Waals surface area contributed by atoms with E-state index in [4.69, 9.17) is 5.73 Å². The molecule has 3 rings (SSSR count). The van der Waals surface area contributed by atoms with Crippen LogP contribution in [-0.4, -0.2) is 58.1 Å². The quantitative estimate of drug-likeness (QED) is 0.171. The van der Waals surface area contributed by atoms with Gasteiger partial charge in [-0.15, -0.1) is 0 Å². The van der Waals surface area contributed by atoms with Gasteiger partial charge in [0.1, 0.15) is 23.9 Å². The molecular formula is C32H38N4O6. The standard InChI is InChI=1S/C32H38N4O6/c1-20(2)28(31(40)35-27(32(41)42)19-22-11-7-4-8-12-22)36-30(39)26(18-23-13-15-24(37)16-14-23)34-29(38)25(33)17-21-9-5-3-6-10-21/h3-16,20,25-28,37H,17-19,33H2,1-2H3,(H,34,38)(H,35,40)(H,36,39)(H,41,42). The maximum absolute atomic E-state index is 13.5. The van der Waals surface area contributed by atoms with Crippen LogP contribution in [0.4, 0.5) is 0 Å². The monoisotopic (exact) mass is 574 g/mol. The van der Waals surface area contributed by atoms with E-state index in [1.165, 1.54) is 12.1 Å². The van der Waals surface area contributed by atoms with Gasteiger partial charge in [-0.05, 0) is 41.2 Å². The minimum Gasteiger partial charge on any atom is -0.508 e. The number of phenols is 1. The molecule has 10 nitrogen and oxygen atoms in total. The molecule has 3 aromatic rings. The fourth-order valence-electron chi connectivity index (χ4n) is 4.42. The minimum absolute atomic E-state index is 0.0497. The Morgan fingerprint density at radius 3 is 1.64 bits per heavy atom. The fourth-order valence-corrected chi connectivity index (χ4v) is 4.42. The van der Waals surface area contributed by atoms with Crippen LogP contribution >= 0.6 is 0 Å². The van der Waals surface area contributed by atoms with E-state index in [2.05, 4.69) is 16.0 Å². The first-order valence-electron chi connectivity index (χ1n) is 13.8. The topological polar surface area (TPSA) is 171 Å². The van der Waals surface area contributed by atoms with Gasteiger partial charge in [-0.25, -0.2) is 4.79 Å². The van der Waals surface area contributed by atoms with E-state index in [1.54, 1.807) is 50.2 Å². The van der Waals surface area contributed by atoms with Crippen LogP contribution in [0.5, 0.6) is 5.75 Å². The third-order valence-corrected chi connectivity index (χ3v) is 6.79. The zero-order valence-corrected chi connectivity index (χ0v) is 23.7.